The van der Waals surface area contributed by atoms with Gasteiger partial charge in [0, 0.05) is 17.0 Å². The Hall–Kier alpha value is -2.97. The molecule has 6 nitrogen and oxygen atoms in total. The number of methoxy groups -OCH3 is 1. The predicted octanol–water partition coefficient (Wildman–Crippen LogP) is 4.51. The summed E-state index contributed by atoms with van der Waals surface area (Å²) < 4.78 is 7.92. The van der Waals surface area contributed by atoms with Crippen LogP contribution in [0, 0.1) is 6.92 Å². The number of benzene rings is 1. The topological polar surface area (TPSA) is 69.0 Å². The lowest BCUT2D eigenvalue weighted by molar-refractivity contribution is -0.111. The van der Waals surface area contributed by atoms with E-state index in [-0.39, 0.29) is 5.91 Å². The third-order valence-electron chi connectivity index (χ3n) is 3.79. The average molecular weight is 396 g/mol. The molecule has 0 atom stereocenters. The third-order valence-corrected chi connectivity index (χ3v) is 5.62. The minimum Gasteiger partial charge on any atom is -0.497 e. The van der Waals surface area contributed by atoms with Crippen LogP contribution in [0.4, 0.5) is 5.82 Å². The Labute approximate surface area is 163 Å². The van der Waals surface area contributed by atoms with Crippen molar-refractivity contribution in [3.8, 4) is 10.9 Å². The maximum absolute atomic E-state index is 12.3. The molecular weight excluding hydrogens is 380 g/mol. The van der Waals surface area contributed by atoms with Gasteiger partial charge in [0.2, 0.25) is 11.0 Å². The van der Waals surface area contributed by atoms with Gasteiger partial charge in [0.25, 0.3) is 0 Å². The summed E-state index contributed by atoms with van der Waals surface area (Å²) in [6.07, 6.45) is 3.30. The van der Waals surface area contributed by atoms with E-state index in [1.54, 1.807) is 29.2 Å². The van der Waals surface area contributed by atoms with Gasteiger partial charge in [-0.2, -0.15) is 9.78 Å². The minimum absolute atomic E-state index is 0.215. The number of carbonyl (C=O) groups is 1. The largest absolute Gasteiger partial charge is 0.497 e. The fraction of sp³-hybridized carbons (Fsp3) is 0.105. The third kappa shape index (κ3) is 3.76. The van der Waals surface area contributed by atoms with Gasteiger partial charge in [-0.1, -0.05) is 17.4 Å². The Balaban J connectivity index is 1.62. The van der Waals surface area contributed by atoms with E-state index >= 15 is 0 Å². The first-order valence-corrected chi connectivity index (χ1v) is 9.86. The van der Waals surface area contributed by atoms with Crippen molar-refractivity contribution in [3.05, 3.63) is 58.4 Å². The molecule has 0 spiro atoms. The first kappa shape index (κ1) is 17.4. The zero-order chi connectivity index (χ0) is 18.8. The van der Waals surface area contributed by atoms with Crippen LogP contribution in [0.2, 0.25) is 0 Å². The van der Waals surface area contributed by atoms with Gasteiger partial charge in [0.1, 0.15) is 11.6 Å². The molecule has 4 aromatic rings. The van der Waals surface area contributed by atoms with Crippen molar-refractivity contribution >= 4 is 50.7 Å². The Bertz CT molecular complexity index is 1130. The summed E-state index contributed by atoms with van der Waals surface area (Å²) in [5.41, 5.74) is 1.66. The van der Waals surface area contributed by atoms with E-state index in [0.717, 1.165) is 26.5 Å². The highest BCUT2D eigenvalue weighted by Gasteiger charge is 2.14. The molecule has 27 heavy (non-hydrogen) atoms. The Kier molecular flexibility index (Phi) is 4.74. The summed E-state index contributed by atoms with van der Waals surface area (Å²) >= 11 is 3.07. The number of nitrogens with one attached hydrogen (secondary N) is 1. The Morgan fingerprint density at radius 2 is 2.19 bits per heavy atom. The van der Waals surface area contributed by atoms with Crippen LogP contribution in [0.15, 0.2) is 47.9 Å². The van der Waals surface area contributed by atoms with Crippen LogP contribution in [-0.4, -0.2) is 27.8 Å². The summed E-state index contributed by atoms with van der Waals surface area (Å²) in [5.74, 6) is 1.15. The van der Waals surface area contributed by atoms with E-state index in [0.29, 0.717) is 10.9 Å². The molecule has 0 radical (unpaired) electrons. The van der Waals surface area contributed by atoms with Gasteiger partial charge < -0.3 is 10.1 Å². The van der Waals surface area contributed by atoms with Crippen LogP contribution in [0.3, 0.4) is 0 Å². The number of anilines is 1. The number of carbonyl (C=O) groups excluding carboxylic acids is 1. The fourth-order valence-electron chi connectivity index (χ4n) is 2.56. The van der Waals surface area contributed by atoms with Crippen LogP contribution in [0.5, 0.6) is 5.75 Å². The van der Waals surface area contributed by atoms with E-state index < -0.39 is 0 Å². The van der Waals surface area contributed by atoms with Crippen LogP contribution in [0.1, 0.15) is 10.6 Å². The van der Waals surface area contributed by atoms with Gasteiger partial charge in [-0.3, -0.25) is 4.79 Å². The molecule has 136 valence electrons. The number of amides is 1. The van der Waals surface area contributed by atoms with Crippen LogP contribution < -0.4 is 10.1 Å². The number of ether oxygens (including phenoxy) is 1. The zero-order valence-electron chi connectivity index (χ0n) is 14.7. The van der Waals surface area contributed by atoms with Crippen LogP contribution >= 0.6 is 22.7 Å². The van der Waals surface area contributed by atoms with E-state index in [1.165, 1.54) is 17.4 Å². The quantitative estimate of drug-likeness (QED) is 0.504. The lowest BCUT2D eigenvalue weighted by Gasteiger charge is -2.03. The Morgan fingerprint density at radius 3 is 2.96 bits per heavy atom. The number of thiazole rings is 1. The minimum atomic E-state index is -0.215. The summed E-state index contributed by atoms with van der Waals surface area (Å²) in [4.78, 5) is 17.9. The van der Waals surface area contributed by atoms with E-state index in [4.69, 9.17) is 4.74 Å². The molecule has 0 bridgehead atoms. The molecule has 0 aliphatic rings. The molecule has 1 N–H and O–H groups in total. The monoisotopic (exact) mass is 396 g/mol. The number of aromatic nitrogens is 3. The average Bonchev–Trinajstić information content (AvgIpc) is 3.38. The smallest absolute Gasteiger partial charge is 0.249 e. The molecule has 3 aromatic heterocycles. The molecule has 0 fully saturated rings. The van der Waals surface area contributed by atoms with Gasteiger partial charge >= 0.3 is 0 Å². The first-order chi connectivity index (χ1) is 13.1. The highest BCUT2D eigenvalue weighted by atomic mass is 32.1. The molecule has 8 heteroatoms. The van der Waals surface area contributed by atoms with E-state index in [9.17, 15) is 4.79 Å². The molecule has 1 amide bonds. The van der Waals surface area contributed by atoms with Crippen molar-refractivity contribution in [1.29, 1.82) is 0 Å². The van der Waals surface area contributed by atoms with Crippen molar-refractivity contribution in [2.24, 2.45) is 0 Å². The molecule has 0 saturated heterocycles. The van der Waals surface area contributed by atoms with Crippen molar-refractivity contribution in [1.82, 2.24) is 14.8 Å². The molecule has 1 aromatic carbocycles. The summed E-state index contributed by atoms with van der Waals surface area (Å²) in [6.45, 7) is 1.88. The SMILES string of the molecule is COc1ccc2nc(-n3nc(C)cc3NC(=O)/C=C/c3cccs3)sc2c1. The van der Waals surface area contributed by atoms with Gasteiger partial charge in [0.15, 0.2) is 0 Å². The zero-order valence-corrected chi connectivity index (χ0v) is 16.3. The maximum atomic E-state index is 12.3. The number of aryl methyl sites for hydroxylation is 1. The number of nitrogens with zero attached hydrogens (tertiary/aromatic N) is 3. The Morgan fingerprint density at radius 1 is 1.30 bits per heavy atom. The predicted molar refractivity (Wildman–Crippen MR) is 110 cm³/mol. The first-order valence-electron chi connectivity index (χ1n) is 8.16. The molecule has 0 unspecified atom stereocenters. The standard InChI is InChI=1S/C19H16N4O2S2/c1-12-10-17(21-18(24)8-6-14-4-3-9-26-14)23(22-12)19-20-15-7-5-13(25-2)11-16(15)27-19/h3-11H,1-2H3,(H,21,24)/b8-6+. The summed E-state index contributed by atoms with van der Waals surface area (Å²) in [7, 11) is 1.64. The molecular formula is C19H16N4O2S2. The molecule has 4 rings (SSSR count). The number of hydrogen-bond acceptors (Lipinski definition) is 6. The second-order valence-electron chi connectivity index (χ2n) is 5.75. The molecule has 3 heterocycles. The number of fused-ring (bicyclic) bond motifs is 1. The number of thiophene rings is 1. The lowest BCUT2D eigenvalue weighted by atomic mass is 10.3. The second kappa shape index (κ2) is 7.34. The van der Waals surface area contributed by atoms with Crippen molar-refractivity contribution in [3.63, 3.8) is 0 Å². The van der Waals surface area contributed by atoms with Gasteiger partial charge in [-0.05, 0) is 42.6 Å². The fourth-order valence-corrected chi connectivity index (χ4v) is 4.13. The number of hydrogen-bond donors (Lipinski definition) is 1. The van der Waals surface area contributed by atoms with Crippen molar-refractivity contribution < 1.29 is 9.53 Å². The summed E-state index contributed by atoms with van der Waals surface area (Å²) in [6, 6.07) is 11.4. The van der Waals surface area contributed by atoms with Gasteiger partial charge in [0.05, 0.1) is 23.0 Å². The van der Waals surface area contributed by atoms with Gasteiger partial charge in [-0.25, -0.2) is 4.98 Å². The lowest BCUT2D eigenvalue weighted by Crippen LogP contribution is -2.12. The molecule has 0 saturated carbocycles. The van der Waals surface area contributed by atoms with E-state index in [1.807, 2.05) is 48.7 Å². The normalized spacial score (nSPS) is 11.3. The highest BCUT2D eigenvalue weighted by Crippen LogP contribution is 2.30. The number of rotatable bonds is 5. The molecule has 0 aliphatic heterocycles. The van der Waals surface area contributed by atoms with E-state index in [2.05, 4.69) is 15.4 Å². The van der Waals surface area contributed by atoms with Crippen molar-refractivity contribution in [2.45, 2.75) is 6.92 Å². The van der Waals surface area contributed by atoms with Crippen molar-refractivity contribution in [2.75, 3.05) is 12.4 Å². The maximum Gasteiger partial charge on any atom is 0.249 e. The van der Waals surface area contributed by atoms with Gasteiger partial charge in [-0.15, -0.1) is 11.3 Å². The highest BCUT2D eigenvalue weighted by molar-refractivity contribution is 7.20. The van der Waals surface area contributed by atoms with Crippen LogP contribution in [-0.2, 0) is 4.79 Å². The summed E-state index contributed by atoms with van der Waals surface area (Å²) in [5, 5.41) is 10.0. The second-order valence-corrected chi connectivity index (χ2v) is 7.74. The van der Waals surface area contributed by atoms with Crippen LogP contribution in [0.25, 0.3) is 21.4 Å². The molecule has 0 aliphatic carbocycles.